The van der Waals surface area contributed by atoms with Crippen molar-refractivity contribution >= 4 is 11.4 Å². The first-order valence-corrected chi connectivity index (χ1v) is 5.90. The fourth-order valence-corrected chi connectivity index (χ4v) is 1.85. The summed E-state index contributed by atoms with van der Waals surface area (Å²) < 4.78 is 19.1. The SMILES string of the molecule is CCCN(c1cc(OC)c(N)cc1F)C(C)C. The molecule has 96 valence electrons. The molecular weight excluding hydrogens is 219 g/mol. The van der Waals surface area contributed by atoms with E-state index in [9.17, 15) is 4.39 Å². The number of nitrogens with two attached hydrogens (primary N) is 1. The summed E-state index contributed by atoms with van der Waals surface area (Å²) in [6.45, 7) is 6.96. The number of anilines is 2. The summed E-state index contributed by atoms with van der Waals surface area (Å²) in [6.07, 6.45) is 0.963. The molecule has 0 aliphatic carbocycles. The van der Waals surface area contributed by atoms with Gasteiger partial charge in [-0.05, 0) is 20.3 Å². The molecule has 1 aromatic rings. The topological polar surface area (TPSA) is 38.5 Å². The Bertz CT molecular complexity index is 380. The number of halogens is 1. The summed E-state index contributed by atoms with van der Waals surface area (Å²) >= 11 is 0. The largest absolute Gasteiger partial charge is 0.495 e. The van der Waals surface area contributed by atoms with Crippen LogP contribution in [0.25, 0.3) is 0 Å². The Morgan fingerprint density at radius 3 is 2.53 bits per heavy atom. The highest BCUT2D eigenvalue weighted by Crippen LogP contribution is 2.31. The van der Waals surface area contributed by atoms with Crippen LogP contribution in [0.4, 0.5) is 15.8 Å². The van der Waals surface area contributed by atoms with Crippen molar-refractivity contribution in [2.24, 2.45) is 0 Å². The molecule has 0 saturated heterocycles. The number of ether oxygens (including phenoxy) is 1. The lowest BCUT2D eigenvalue weighted by Crippen LogP contribution is -2.32. The summed E-state index contributed by atoms with van der Waals surface area (Å²) in [5, 5.41) is 0. The van der Waals surface area contributed by atoms with Crippen LogP contribution >= 0.6 is 0 Å². The Hall–Kier alpha value is -1.45. The highest BCUT2D eigenvalue weighted by atomic mass is 19.1. The van der Waals surface area contributed by atoms with E-state index in [1.807, 2.05) is 18.7 Å². The number of nitrogen functional groups attached to an aromatic ring is 1. The number of hydrogen-bond acceptors (Lipinski definition) is 3. The van der Waals surface area contributed by atoms with Gasteiger partial charge >= 0.3 is 0 Å². The predicted octanol–water partition coefficient (Wildman–Crippen LogP) is 3.04. The minimum Gasteiger partial charge on any atom is -0.495 e. The van der Waals surface area contributed by atoms with Crippen LogP contribution in [0, 0.1) is 5.82 Å². The molecule has 0 aliphatic rings. The third kappa shape index (κ3) is 3.02. The second-order valence-electron chi connectivity index (χ2n) is 4.33. The van der Waals surface area contributed by atoms with Crippen molar-refractivity contribution in [1.82, 2.24) is 0 Å². The molecule has 0 saturated carbocycles. The van der Waals surface area contributed by atoms with E-state index in [1.165, 1.54) is 13.2 Å². The van der Waals surface area contributed by atoms with Crippen LogP contribution in [0.3, 0.4) is 0 Å². The molecule has 0 atom stereocenters. The van der Waals surface area contributed by atoms with Crippen LogP contribution in [-0.4, -0.2) is 19.7 Å². The van der Waals surface area contributed by atoms with Crippen molar-refractivity contribution in [3.05, 3.63) is 17.9 Å². The highest BCUT2D eigenvalue weighted by Gasteiger charge is 2.16. The normalized spacial score (nSPS) is 10.7. The summed E-state index contributed by atoms with van der Waals surface area (Å²) in [4.78, 5) is 2.01. The lowest BCUT2D eigenvalue weighted by Gasteiger charge is -2.29. The smallest absolute Gasteiger partial charge is 0.148 e. The minimum absolute atomic E-state index is 0.234. The molecule has 3 nitrogen and oxygen atoms in total. The van der Waals surface area contributed by atoms with Crippen LogP contribution in [0.5, 0.6) is 5.75 Å². The molecule has 0 spiro atoms. The van der Waals surface area contributed by atoms with Crippen molar-refractivity contribution in [2.45, 2.75) is 33.2 Å². The number of rotatable bonds is 5. The van der Waals surface area contributed by atoms with E-state index < -0.39 is 0 Å². The standard InChI is InChI=1S/C13H21FN2O/c1-5-6-16(9(2)3)12-8-13(17-4)11(15)7-10(12)14/h7-9H,5-6,15H2,1-4H3. The molecule has 4 heteroatoms. The predicted molar refractivity (Wildman–Crippen MR) is 70.1 cm³/mol. The Kier molecular flexibility index (Phi) is 4.61. The van der Waals surface area contributed by atoms with Crippen LogP contribution < -0.4 is 15.4 Å². The monoisotopic (exact) mass is 240 g/mol. The molecule has 0 bridgehead atoms. The number of hydrogen-bond donors (Lipinski definition) is 1. The van der Waals surface area contributed by atoms with Gasteiger partial charge in [-0.25, -0.2) is 4.39 Å². The zero-order valence-electron chi connectivity index (χ0n) is 11.0. The maximum Gasteiger partial charge on any atom is 0.148 e. The Labute approximate surface area is 102 Å². The molecule has 0 fully saturated rings. The zero-order chi connectivity index (χ0) is 13.0. The summed E-state index contributed by atoms with van der Waals surface area (Å²) in [5.74, 6) is 0.216. The molecular formula is C13H21FN2O. The van der Waals surface area contributed by atoms with Gasteiger partial charge in [0.05, 0.1) is 18.5 Å². The van der Waals surface area contributed by atoms with E-state index in [0.717, 1.165) is 13.0 Å². The first kappa shape index (κ1) is 13.6. The van der Waals surface area contributed by atoms with Gasteiger partial charge in [0, 0.05) is 24.7 Å². The van der Waals surface area contributed by atoms with E-state index in [2.05, 4.69) is 6.92 Å². The molecule has 2 N–H and O–H groups in total. The molecule has 0 aliphatic heterocycles. The van der Waals surface area contributed by atoms with Gasteiger partial charge in [-0.15, -0.1) is 0 Å². The third-order valence-corrected chi connectivity index (χ3v) is 2.70. The second-order valence-corrected chi connectivity index (χ2v) is 4.33. The average Bonchev–Trinajstić information content (AvgIpc) is 2.26. The van der Waals surface area contributed by atoms with Crippen LogP contribution in [-0.2, 0) is 0 Å². The third-order valence-electron chi connectivity index (χ3n) is 2.70. The lowest BCUT2D eigenvalue weighted by atomic mass is 10.2. The molecule has 0 unspecified atom stereocenters. The van der Waals surface area contributed by atoms with Gasteiger partial charge in [0.25, 0.3) is 0 Å². The Balaban J connectivity index is 3.18. The fourth-order valence-electron chi connectivity index (χ4n) is 1.85. The highest BCUT2D eigenvalue weighted by molar-refractivity contribution is 5.63. The number of methoxy groups -OCH3 is 1. The van der Waals surface area contributed by atoms with Crippen molar-refractivity contribution in [2.75, 3.05) is 24.3 Å². The second kappa shape index (κ2) is 5.75. The Morgan fingerprint density at radius 1 is 1.41 bits per heavy atom. The fraction of sp³-hybridized carbons (Fsp3) is 0.538. The van der Waals surface area contributed by atoms with Gasteiger partial charge in [-0.2, -0.15) is 0 Å². The van der Waals surface area contributed by atoms with Crippen LogP contribution in [0.2, 0.25) is 0 Å². The number of benzene rings is 1. The summed E-state index contributed by atoms with van der Waals surface area (Å²) in [7, 11) is 1.53. The van der Waals surface area contributed by atoms with Gasteiger partial charge in [0.1, 0.15) is 11.6 Å². The Morgan fingerprint density at radius 2 is 2.06 bits per heavy atom. The maximum absolute atomic E-state index is 13.9. The molecule has 0 aromatic heterocycles. The van der Waals surface area contributed by atoms with E-state index >= 15 is 0 Å². The van der Waals surface area contributed by atoms with E-state index in [0.29, 0.717) is 17.1 Å². The van der Waals surface area contributed by atoms with E-state index in [-0.39, 0.29) is 11.9 Å². The van der Waals surface area contributed by atoms with Crippen molar-refractivity contribution in [3.63, 3.8) is 0 Å². The molecule has 0 heterocycles. The van der Waals surface area contributed by atoms with Gasteiger partial charge in [-0.3, -0.25) is 0 Å². The molecule has 0 radical (unpaired) electrons. The van der Waals surface area contributed by atoms with Gasteiger partial charge in [-0.1, -0.05) is 6.92 Å². The van der Waals surface area contributed by atoms with Gasteiger partial charge in [0.15, 0.2) is 0 Å². The maximum atomic E-state index is 13.9. The van der Waals surface area contributed by atoms with Crippen molar-refractivity contribution in [3.8, 4) is 5.75 Å². The average molecular weight is 240 g/mol. The quantitative estimate of drug-likeness (QED) is 0.804. The minimum atomic E-state index is -0.301. The van der Waals surface area contributed by atoms with Crippen LogP contribution in [0.1, 0.15) is 27.2 Å². The molecule has 1 rings (SSSR count). The molecule has 1 aromatic carbocycles. The van der Waals surface area contributed by atoms with E-state index in [4.69, 9.17) is 10.5 Å². The first-order chi connectivity index (χ1) is 8.01. The summed E-state index contributed by atoms with van der Waals surface area (Å²) in [5.41, 5.74) is 6.54. The van der Waals surface area contributed by atoms with E-state index in [1.54, 1.807) is 6.07 Å². The van der Waals surface area contributed by atoms with Crippen molar-refractivity contribution < 1.29 is 9.13 Å². The summed E-state index contributed by atoms with van der Waals surface area (Å²) in [6, 6.07) is 3.22. The van der Waals surface area contributed by atoms with Crippen molar-refractivity contribution in [1.29, 1.82) is 0 Å². The number of nitrogens with zero attached hydrogens (tertiary/aromatic N) is 1. The van der Waals surface area contributed by atoms with Gasteiger partial charge in [0.2, 0.25) is 0 Å². The van der Waals surface area contributed by atoms with Crippen LogP contribution in [0.15, 0.2) is 12.1 Å². The molecule has 17 heavy (non-hydrogen) atoms. The van der Waals surface area contributed by atoms with Gasteiger partial charge < -0.3 is 15.4 Å². The first-order valence-electron chi connectivity index (χ1n) is 5.90. The lowest BCUT2D eigenvalue weighted by molar-refractivity contribution is 0.415. The molecule has 0 amide bonds. The zero-order valence-corrected chi connectivity index (χ0v) is 11.0.